The van der Waals surface area contributed by atoms with Gasteiger partial charge in [-0.2, -0.15) is 0 Å². The second-order valence-electron chi connectivity index (χ2n) is 4.24. The van der Waals surface area contributed by atoms with Gasteiger partial charge in [-0.15, -0.1) is 10.2 Å². The Morgan fingerprint density at radius 1 is 1.22 bits per heavy atom. The van der Waals surface area contributed by atoms with Crippen LogP contribution < -0.4 is 10.1 Å². The Morgan fingerprint density at radius 2 is 2.00 bits per heavy atom. The van der Waals surface area contributed by atoms with Gasteiger partial charge in [0, 0.05) is 7.05 Å². The quantitative estimate of drug-likeness (QED) is 0.921. The molecule has 96 valence electrons. The summed E-state index contributed by atoms with van der Waals surface area (Å²) in [6, 6.07) is 4.22. The Bertz CT molecular complexity index is 551. The first-order valence-corrected chi connectivity index (χ1v) is 6.62. The summed E-state index contributed by atoms with van der Waals surface area (Å²) in [5, 5.41) is 12.7. The molecule has 1 heterocycles. The minimum atomic E-state index is 0.461. The summed E-state index contributed by atoms with van der Waals surface area (Å²) in [6.45, 7) is 6.70. The third kappa shape index (κ3) is 2.79. The largest absolute Gasteiger partial charge is 0.486 e. The van der Waals surface area contributed by atoms with Crippen molar-refractivity contribution in [3.05, 3.63) is 33.8 Å². The lowest BCUT2D eigenvalue weighted by molar-refractivity contribution is 0.302. The molecule has 0 saturated heterocycles. The molecule has 0 aliphatic rings. The van der Waals surface area contributed by atoms with Crippen molar-refractivity contribution >= 4 is 16.5 Å². The summed E-state index contributed by atoms with van der Waals surface area (Å²) < 4.78 is 5.82. The van der Waals surface area contributed by atoms with E-state index >= 15 is 0 Å². The average molecular weight is 263 g/mol. The van der Waals surface area contributed by atoms with Crippen LogP contribution in [0.4, 0.5) is 5.13 Å². The second-order valence-corrected chi connectivity index (χ2v) is 5.31. The highest BCUT2D eigenvalue weighted by Gasteiger charge is 2.07. The van der Waals surface area contributed by atoms with Crippen molar-refractivity contribution in [3.63, 3.8) is 0 Å². The van der Waals surface area contributed by atoms with Crippen molar-refractivity contribution in [1.29, 1.82) is 0 Å². The van der Waals surface area contributed by atoms with Gasteiger partial charge in [0.15, 0.2) is 5.01 Å². The van der Waals surface area contributed by atoms with Gasteiger partial charge in [-0.25, -0.2) is 0 Å². The minimum Gasteiger partial charge on any atom is -0.486 e. The standard InChI is InChI=1S/C13H17N3OS/c1-8-5-9(2)10(3)11(6-8)17-7-12-15-16-13(14-4)18-12/h5-6H,7H2,1-4H3,(H,14,16). The lowest BCUT2D eigenvalue weighted by Crippen LogP contribution is -1.98. The third-order valence-electron chi connectivity index (χ3n) is 2.80. The third-order valence-corrected chi connectivity index (χ3v) is 3.71. The fraction of sp³-hybridized carbons (Fsp3) is 0.385. The molecule has 0 radical (unpaired) electrons. The number of aryl methyl sites for hydroxylation is 2. The second kappa shape index (κ2) is 5.35. The van der Waals surface area contributed by atoms with Gasteiger partial charge in [0.05, 0.1) is 0 Å². The van der Waals surface area contributed by atoms with Gasteiger partial charge in [-0.1, -0.05) is 17.4 Å². The highest BCUT2D eigenvalue weighted by atomic mass is 32.1. The highest BCUT2D eigenvalue weighted by molar-refractivity contribution is 7.15. The number of anilines is 1. The molecule has 2 rings (SSSR count). The molecule has 0 spiro atoms. The summed E-state index contributed by atoms with van der Waals surface area (Å²) in [6.07, 6.45) is 0. The summed E-state index contributed by atoms with van der Waals surface area (Å²) in [4.78, 5) is 0. The molecule has 18 heavy (non-hydrogen) atoms. The Kier molecular flexibility index (Phi) is 3.81. The minimum absolute atomic E-state index is 0.461. The van der Waals surface area contributed by atoms with Gasteiger partial charge in [-0.3, -0.25) is 0 Å². The van der Waals surface area contributed by atoms with Crippen LogP contribution in [0.5, 0.6) is 5.75 Å². The van der Waals surface area contributed by atoms with Crippen molar-refractivity contribution in [3.8, 4) is 5.75 Å². The molecular formula is C13H17N3OS. The monoisotopic (exact) mass is 263 g/mol. The number of benzene rings is 1. The summed E-state index contributed by atoms with van der Waals surface area (Å²) >= 11 is 1.51. The molecule has 4 nitrogen and oxygen atoms in total. The first kappa shape index (κ1) is 12.8. The number of rotatable bonds is 4. The number of hydrogen-bond acceptors (Lipinski definition) is 5. The summed E-state index contributed by atoms with van der Waals surface area (Å²) in [5.41, 5.74) is 3.64. The maximum atomic E-state index is 5.82. The lowest BCUT2D eigenvalue weighted by atomic mass is 10.1. The molecule has 0 fully saturated rings. The van der Waals surface area contributed by atoms with Crippen LogP contribution in [0.3, 0.4) is 0 Å². The molecule has 1 N–H and O–H groups in total. The number of hydrogen-bond donors (Lipinski definition) is 1. The SMILES string of the molecule is CNc1nnc(COc2cc(C)cc(C)c2C)s1. The van der Waals surface area contributed by atoms with Crippen molar-refractivity contribution in [2.75, 3.05) is 12.4 Å². The van der Waals surface area contributed by atoms with Crippen LogP contribution in [0.25, 0.3) is 0 Å². The van der Waals surface area contributed by atoms with Crippen molar-refractivity contribution in [1.82, 2.24) is 10.2 Å². The molecule has 1 aromatic heterocycles. The average Bonchev–Trinajstić information content (AvgIpc) is 2.80. The van der Waals surface area contributed by atoms with Gasteiger partial charge in [0.25, 0.3) is 0 Å². The molecule has 0 aliphatic heterocycles. The summed E-state index contributed by atoms with van der Waals surface area (Å²) in [5.74, 6) is 0.925. The Labute approximate surface area is 111 Å². The Hall–Kier alpha value is -1.62. The molecule has 0 atom stereocenters. The van der Waals surface area contributed by atoms with Crippen LogP contribution in [-0.4, -0.2) is 17.2 Å². The normalized spacial score (nSPS) is 10.4. The van der Waals surface area contributed by atoms with Crippen LogP contribution in [0.15, 0.2) is 12.1 Å². The van der Waals surface area contributed by atoms with Crippen molar-refractivity contribution in [2.45, 2.75) is 27.4 Å². The van der Waals surface area contributed by atoms with Crippen LogP contribution in [0.2, 0.25) is 0 Å². The number of ether oxygens (including phenoxy) is 1. The molecule has 0 unspecified atom stereocenters. The van der Waals surface area contributed by atoms with E-state index in [4.69, 9.17) is 4.74 Å². The van der Waals surface area contributed by atoms with Gasteiger partial charge >= 0.3 is 0 Å². The van der Waals surface area contributed by atoms with Crippen LogP contribution in [0.1, 0.15) is 21.7 Å². The predicted molar refractivity (Wildman–Crippen MR) is 74.4 cm³/mol. The zero-order valence-electron chi connectivity index (χ0n) is 11.1. The molecule has 2 aromatic rings. The maximum Gasteiger partial charge on any atom is 0.205 e. The number of nitrogens with zero attached hydrogens (tertiary/aromatic N) is 2. The van der Waals surface area contributed by atoms with Crippen molar-refractivity contribution < 1.29 is 4.74 Å². The van der Waals surface area contributed by atoms with E-state index in [1.165, 1.54) is 28.0 Å². The number of aromatic nitrogens is 2. The fourth-order valence-corrected chi connectivity index (χ4v) is 2.31. The topological polar surface area (TPSA) is 47.0 Å². The Morgan fingerprint density at radius 3 is 2.67 bits per heavy atom. The van der Waals surface area contributed by atoms with E-state index in [9.17, 15) is 0 Å². The lowest BCUT2D eigenvalue weighted by Gasteiger charge is -2.11. The van der Waals surface area contributed by atoms with E-state index in [1.807, 2.05) is 7.05 Å². The molecular weight excluding hydrogens is 246 g/mol. The van der Waals surface area contributed by atoms with Crippen LogP contribution >= 0.6 is 11.3 Å². The molecule has 1 aromatic carbocycles. The van der Waals surface area contributed by atoms with Crippen LogP contribution in [-0.2, 0) is 6.61 Å². The van der Waals surface area contributed by atoms with E-state index in [0.717, 1.165) is 15.9 Å². The van der Waals surface area contributed by atoms with Crippen LogP contribution in [0, 0.1) is 20.8 Å². The highest BCUT2D eigenvalue weighted by Crippen LogP contribution is 2.25. The van der Waals surface area contributed by atoms with Crippen molar-refractivity contribution in [2.24, 2.45) is 0 Å². The molecule has 0 bridgehead atoms. The van der Waals surface area contributed by atoms with Gasteiger partial charge < -0.3 is 10.1 Å². The van der Waals surface area contributed by atoms with E-state index in [1.54, 1.807) is 0 Å². The van der Waals surface area contributed by atoms with E-state index in [-0.39, 0.29) is 0 Å². The molecule has 0 amide bonds. The molecule has 5 heteroatoms. The zero-order valence-corrected chi connectivity index (χ0v) is 11.9. The van der Waals surface area contributed by atoms with E-state index in [2.05, 4.69) is 48.4 Å². The molecule has 0 saturated carbocycles. The zero-order chi connectivity index (χ0) is 13.1. The van der Waals surface area contributed by atoms with E-state index in [0.29, 0.717) is 6.61 Å². The predicted octanol–water partition coefficient (Wildman–Crippen LogP) is 3.08. The fourth-order valence-electron chi connectivity index (χ4n) is 1.70. The smallest absolute Gasteiger partial charge is 0.205 e. The van der Waals surface area contributed by atoms with Gasteiger partial charge in [0.1, 0.15) is 12.4 Å². The number of nitrogens with one attached hydrogen (secondary N) is 1. The first-order chi connectivity index (χ1) is 8.60. The molecule has 0 aliphatic carbocycles. The van der Waals surface area contributed by atoms with E-state index < -0.39 is 0 Å². The van der Waals surface area contributed by atoms with Gasteiger partial charge in [-0.05, 0) is 43.5 Å². The first-order valence-electron chi connectivity index (χ1n) is 5.81. The maximum absolute atomic E-state index is 5.82. The van der Waals surface area contributed by atoms with Gasteiger partial charge in [0.2, 0.25) is 5.13 Å². The Balaban J connectivity index is 2.10. The summed E-state index contributed by atoms with van der Waals surface area (Å²) in [7, 11) is 1.83.